The molecule has 12 nitrogen and oxygen atoms in total. The summed E-state index contributed by atoms with van der Waals surface area (Å²) < 4.78 is 8.89. The van der Waals surface area contributed by atoms with E-state index in [0.29, 0.717) is 0 Å². The van der Waals surface area contributed by atoms with Crippen molar-refractivity contribution in [2.45, 2.75) is 5.91 Å². The van der Waals surface area contributed by atoms with Gasteiger partial charge in [-0.2, -0.15) is 0 Å². The second kappa shape index (κ2) is 4.53. The second-order valence-corrected chi connectivity index (χ2v) is 9.92. The highest BCUT2D eigenvalue weighted by Crippen LogP contribution is 2.49. The van der Waals surface area contributed by atoms with E-state index in [1.54, 1.807) is 0 Å². The number of H-pyrrole nitrogens is 2. The Morgan fingerprint density at radius 2 is 1.19 bits per heavy atom. The van der Waals surface area contributed by atoms with Crippen LogP contribution in [0.15, 0.2) is 66.9 Å². The zero-order chi connectivity index (χ0) is 23.4. The molecular formula is C25H10N12. The first-order valence-electron chi connectivity index (χ1n) is 12.0. The fraction of sp³-hybridized carbons (Fsp3) is 0.0400. The normalized spacial score (nSPS) is 20.5. The van der Waals surface area contributed by atoms with Crippen LogP contribution in [0.4, 0.5) is 23.3 Å². The maximum Gasteiger partial charge on any atom is 0.305 e. The molecule has 0 fully saturated rings. The summed E-state index contributed by atoms with van der Waals surface area (Å²) in [6.45, 7) is 0. The van der Waals surface area contributed by atoms with Crippen molar-refractivity contribution in [1.82, 2.24) is 28.2 Å². The van der Waals surface area contributed by atoms with Crippen LogP contribution in [0.25, 0.3) is 34.0 Å². The Morgan fingerprint density at radius 3 is 1.95 bits per heavy atom. The summed E-state index contributed by atoms with van der Waals surface area (Å²) in [4.78, 5) is 37.3. The molecule has 0 saturated heterocycles. The number of aromatic nitrogens is 6. The lowest BCUT2D eigenvalue weighted by Gasteiger charge is -2.46. The molecule has 1 atom stereocenters. The van der Waals surface area contributed by atoms with E-state index in [0.717, 1.165) is 88.9 Å². The van der Waals surface area contributed by atoms with Gasteiger partial charge < -0.3 is 9.97 Å². The standard InChI is InChI=1S/C25H10N12/c1-5-26-13-9(1)17-30-22-14-10(2-6-27-14)19-32-24-16-12(4-8-29-16)20-33-23-15-11(3-7-28-15)18-31-21(13)34(17)25(35(19)22,36(18)23)37(20)24/h1-8,26-27H/t25-/m1/s1. The Kier molecular flexibility index (Phi) is 1.98. The van der Waals surface area contributed by atoms with Gasteiger partial charge in [0, 0.05) is 46.7 Å². The Morgan fingerprint density at radius 1 is 0.568 bits per heavy atom. The van der Waals surface area contributed by atoms with Crippen LogP contribution in [0.1, 0.15) is 11.1 Å². The largest absolute Gasteiger partial charge is 0.358 e. The van der Waals surface area contributed by atoms with E-state index in [4.69, 9.17) is 30.0 Å². The van der Waals surface area contributed by atoms with Gasteiger partial charge >= 0.3 is 5.91 Å². The van der Waals surface area contributed by atoms with Crippen LogP contribution in [0.3, 0.4) is 0 Å². The van der Waals surface area contributed by atoms with E-state index < -0.39 is 5.91 Å². The van der Waals surface area contributed by atoms with Gasteiger partial charge in [0.1, 0.15) is 10.7 Å². The van der Waals surface area contributed by atoms with Gasteiger partial charge in [0.25, 0.3) is 0 Å². The van der Waals surface area contributed by atoms with Gasteiger partial charge in [-0.1, -0.05) is 0 Å². The van der Waals surface area contributed by atoms with Crippen molar-refractivity contribution in [1.29, 1.82) is 0 Å². The molecule has 1 spiro atoms. The van der Waals surface area contributed by atoms with Crippen molar-refractivity contribution in [3.8, 4) is 0 Å². The fourth-order valence-corrected chi connectivity index (χ4v) is 7.18. The molecule has 0 unspecified atom stereocenters. The maximum absolute atomic E-state index is 5.25. The number of rotatable bonds is 0. The highest BCUT2D eigenvalue weighted by Gasteiger charge is 2.56. The van der Waals surface area contributed by atoms with Crippen molar-refractivity contribution in [2.75, 3.05) is 0 Å². The SMILES string of the molecule is C1=Cc2c3n4c(c2=N1)=Nc1c2cc[nH]c2c2n1[C@]41n4c(c5c(c4=N3)=NC=C5)N=c3c4[nH]ccc4c(n31)=N2. The minimum atomic E-state index is -0.960. The lowest BCUT2D eigenvalue weighted by molar-refractivity contribution is 0.0949. The number of nitrogens with zero attached hydrogens (tertiary/aromatic N) is 10. The third-order valence-electron chi connectivity index (χ3n) is 8.47. The van der Waals surface area contributed by atoms with E-state index in [2.05, 4.69) is 40.4 Å². The quantitative estimate of drug-likeness (QED) is 0.312. The summed E-state index contributed by atoms with van der Waals surface area (Å²) in [7, 11) is 0. The van der Waals surface area contributed by atoms with Crippen LogP contribution in [0.5, 0.6) is 0 Å². The topological polar surface area (TPSA) is 125 Å². The van der Waals surface area contributed by atoms with Crippen LogP contribution in [0.2, 0.25) is 0 Å². The minimum absolute atomic E-state index is 0.769. The summed E-state index contributed by atoms with van der Waals surface area (Å²) in [5, 5.41) is 3.69. The van der Waals surface area contributed by atoms with Gasteiger partial charge in [-0.25, -0.2) is 38.2 Å². The van der Waals surface area contributed by atoms with Gasteiger partial charge in [0.05, 0.1) is 11.0 Å². The molecule has 6 aromatic rings. The van der Waals surface area contributed by atoms with Gasteiger partial charge in [-0.05, 0) is 24.3 Å². The minimum Gasteiger partial charge on any atom is -0.358 e. The van der Waals surface area contributed by atoms with E-state index >= 15 is 0 Å². The Bertz CT molecular complexity index is 2690. The number of aromatic amines is 2. The average molecular weight is 478 g/mol. The van der Waals surface area contributed by atoms with E-state index in [1.165, 1.54) is 0 Å². The van der Waals surface area contributed by atoms with Crippen molar-refractivity contribution in [3.05, 3.63) is 80.7 Å². The van der Waals surface area contributed by atoms with E-state index in [-0.39, 0.29) is 0 Å². The zero-order valence-corrected chi connectivity index (χ0v) is 18.6. The molecule has 12 heterocycles. The highest BCUT2D eigenvalue weighted by molar-refractivity contribution is 5.99. The predicted molar refractivity (Wildman–Crippen MR) is 129 cm³/mol. The summed E-state index contributed by atoms with van der Waals surface area (Å²) in [6.07, 6.45) is 11.6. The lowest BCUT2D eigenvalue weighted by Crippen LogP contribution is -2.69. The second-order valence-electron chi connectivity index (χ2n) is 9.92. The van der Waals surface area contributed by atoms with Gasteiger partial charge in [-0.15, -0.1) is 0 Å². The highest BCUT2D eigenvalue weighted by atomic mass is 15.7. The van der Waals surface area contributed by atoms with Crippen LogP contribution >= 0.6 is 0 Å². The molecule has 6 aromatic heterocycles. The van der Waals surface area contributed by atoms with Gasteiger partial charge in [0.2, 0.25) is 0 Å². The molecule has 170 valence electrons. The first kappa shape index (κ1) is 16.2. The maximum atomic E-state index is 5.25. The zero-order valence-electron chi connectivity index (χ0n) is 18.6. The van der Waals surface area contributed by atoms with E-state index in [9.17, 15) is 0 Å². The molecule has 2 N–H and O–H groups in total. The van der Waals surface area contributed by atoms with Crippen molar-refractivity contribution in [2.24, 2.45) is 30.0 Å². The van der Waals surface area contributed by atoms with Crippen molar-refractivity contribution >= 4 is 57.2 Å². The molecule has 0 radical (unpaired) electrons. The smallest absolute Gasteiger partial charge is 0.305 e. The Labute approximate surface area is 202 Å². The number of nitrogens with one attached hydrogen (secondary N) is 2. The molecule has 37 heavy (non-hydrogen) atoms. The van der Waals surface area contributed by atoms with Gasteiger partial charge in [-0.3, -0.25) is 9.98 Å². The third kappa shape index (κ3) is 1.29. The first-order valence-corrected chi connectivity index (χ1v) is 12.0. The molecule has 0 amide bonds. The Balaban J connectivity index is 1.54. The first-order chi connectivity index (χ1) is 18.4. The van der Waals surface area contributed by atoms with Crippen molar-refractivity contribution < 1.29 is 0 Å². The average Bonchev–Trinajstić information content (AvgIpc) is 3.73. The molecule has 6 aliphatic heterocycles. The van der Waals surface area contributed by atoms with Crippen molar-refractivity contribution in [3.63, 3.8) is 0 Å². The van der Waals surface area contributed by atoms with Crippen LogP contribution in [0, 0.1) is 0 Å². The molecule has 12 rings (SSSR count). The molecule has 0 bridgehead atoms. The van der Waals surface area contributed by atoms with Gasteiger partial charge in [0.15, 0.2) is 45.2 Å². The monoisotopic (exact) mass is 478 g/mol. The summed E-state index contributed by atoms with van der Waals surface area (Å²) in [5.74, 6) is 2.31. The number of hydrogen-bond acceptors (Lipinski definition) is 6. The molecular weight excluding hydrogens is 468 g/mol. The number of hydrogen-bond donors (Lipinski definition) is 2. The summed E-state index contributed by atoms with van der Waals surface area (Å²) >= 11 is 0. The van der Waals surface area contributed by atoms with Crippen LogP contribution in [-0.2, 0) is 5.91 Å². The number of fused-ring (bicyclic) bond motifs is 12. The summed E-state index contributed by atoms with van der Waals surface area (Å²) in [6, 6.07) is 4.14. The molecule has 0 saturated carbocycles. The summed E-state index contributed by atoms with van der Waals surface area (Å²) in [5.41, 5.74) is 7.02. The van der Waals surface area contributed by atoms with E-state index in [1.807, 2.05) is 36.9 Å². The molecule has 12 heteroatoms. The molecule has 6 aliphatic rings. The fourth-order valence-electron chi connectivity index (χ4n) is 7.18. The Hall–Kier alpha value is -5.52. The molecule has 0 aliphatic carbocycles. The van der Waals surface area contributed by atoms with Crippen LogP contribution < -0.4 is 32.7 Å². The lowest BCUT2D eigenvalue weighted by atomic mass is 10.3. The molecule has 0 aromatic carbocycles. The van der Waals surface area contributed by atoms with Crippen LogP contribution in [-0.4, -0.2) is 28.2 Å². The third-order valence-corrected chi connectivity index (χ3v) is 8.47. The predicted octanol–water partition coefficient (Wildman–Crippen LogP) is 0.334.